The fourth-order valence-electron chi connectivity index (χ4n) is 2.44. The van der Waals surface area contributed by atoms with E-state index in [-0.39, 0.29) is 5.82 Å². The predicted molar refractivity (Wildman–Crippen MR) is 73.8 cm³/mol. The molecule has 0 spiro atoms. The number of anilines is 1. The summed E-state index contributed by atoms with van der Waals surface area (Å²) in [4.78, 5) is 4.24. The molecule has 0 atom stereocenters. The van der Waals surface area contributed by atoms with E-state index < -0.39 is 0 Å². The quantitative estimate of drug-likeness (QED) is 0.939. The van der Waals surface area contributed by atoms with Gasteiger partial charge in [0.1, 0.15) is 5.82 Å². The molecule has 0 amide bonds. The zero-order valence-corrected chi connectivity index (χ0v) is 11.8. The molecule has 1 aromatic carbocycles. The molecule has 96 valence electrons. The molecule has 1 fully saturated rings. The van der Waals surface area contributed by atoms with Crippen LogP contribution in [-0.4, -0.2) is 9.55 Å². The Kier molecular flexibility index (Phi) is 2.62. The van der Waals surface area contributed by atoms with Gasteiger partial charge >= 0.3 is 0 Å². The summed E-state index contributed by atoms with van der Waals surface area (Å²) in [7, 11) is 0. The van der Waals surface area contributed by atoms with E-state index in [0.29, 0.717) is 21.4 Å². The fourth-order valence-corrected chi connectivity index (χ4v) is 2.77. The second-order valence-corrected chi connectivity index (χ2v) is 6.02. The summed E-state index contributed by atoms with van der Waals surface area (Å²) in [5, 5.41) is 0. The van der Waals surface area contributed by atoms with Crippen LogP contribution in [0.25, 0.3) is 11.0 Å². The van der Waals surface area contributed by atoms with Crippen molar-refractivity contribution in [1.29, 1.82) is 0 Å². The van der Waals surface area contributed by atoms with E-state index in [1.165, 1.54) is 18.9 Å². The molecule has 1 aliphatic carbocycles. The molecule has 1 aliphatic rings. The normalized spacial score (nSPS) is 17.3. The lowest BCUT2D eigenvalue weighted by Crippen LogP contribution is -2.13. The average Bonchev–Trinajstić information content (AvgIpc) is 3.05. The summed E-state index contributed by atoms with van der Waals surface area (Å²) in [6, 6.07) is 3.19. The van der Waals surface area contributed by atoms with Gasteiger partial charge in [0, 0.05) is 12.6 Å². The van der Waals surface area contributed by atoms with Crippen LogP contribution in [0.4, 0.5) is 10.3 Å². The molecule has 3 rings (SSSR count). The van der Waals surface area contributed by atoms with Gasteiger partial charge in [-0.2, -0.15) is 0 Å². The third-order valence-electron chi connectivity index (χ3n) is 4.02. The molecule has 0 aliphatic heterocycles. The molecule has 0 radical (unpaired) electrons. The lowest BCUT2D eigenvalue weighted by molar-refractivity contribution is 0.418. The molecular formula is C13H15BrFN3. The first kappa shape index (κ1) is 12.0. The number of nitrogens with zero attached hydrogens (tertiary/aromatic N) is 2. The number of imidazole rings is 1. The fraction of sp³-hybridized carbons (Fsp3) is 0.462. The van der Waals surface area contributed by atoms with Crippen LogP contribution >= 0.6 is 15.9 Å². The monoisotopic (exact) mass is 311 g/mol. The maximum Gasteiger partial charge on any atom is 0.201 e. The Morgan fingerprint density at radius 1 is 1.50 bits per heavy atom. The molecule has 1 saturated carbocycles. The van der Waals surface area contributed by atoms with Gasteiger partial charge < -0.3 is 10.3 Å². The molecule has 1 heterocycles. The van der Waals surface area contributed by atoms with Crippen molar-refractivity contribution >= 4 is 32.9 Å². The van der Waals surface area contributed by atoms with Crippen LogP contribution in [0.5, 0.6) is 0 Å². The Morgan fingerprint density at radius 3 is 2.83 bits per heavy atom. The second kappa shape index (κ2) is 3.95. The lowest BCUT2D eigenvalue weighted by Gasteiger charge is -2.15. The van der Waals surface area contributed by atoms with Crippen molar-refractivity contribution < 1.29 is 4.39 Å². The topological polar surface area (TPSA) is 43.8 Å². The highest BCUT2D eigenvalue weighted by molar-refractivity contribution is 9.10. The predicted octanol–water partition coefficient (Wildman–Crippen LogP) is 3.71. The van der Waals surface area contributed by atoms with Gasteiger partial charge in [0.05, 0.1) is 15.5 Å². The average molecular weight is 312 g/mol. The third-order valence-corrected chi connectivity index (χ3v) is 4.63. The highest BCUT2D eigenvalue weighted by atomic mass is 79.9. The molecule has 5 heteroatoms. The Morgan fingerprint density at radius 2 is 2.22 bits per heavy atom. The van der Waals surface area contributed by atoms with Gasteiger partial charge in [0.2, 0.25) is 5.95 Å². The van der Waals surface area contributed by atoms with E-state index in [1.54, 1.807) is 6.07 Å². The van der Waals surface area contributed by atoms with Crippen LogP contribution in [0.1, 0.15) is 26.2 Å². The number of rotatable bonds is 3. The molecule has 0 unspecified atom stereocenters. The van der Waals surface area contributed by atoms with Crippen LogP contribution < -0.4 is 5.73 Å². The van der Waals surface area contributed by atoms with E-state index in [4.69, 9.17) is 5.73 Å². The molecule has 2 aromatic rings. The summed E-state index contributed by atoms with van der Waals surface area (Å²) in [6.45, 7) is 3.09. The summed E-state index contributed by atoms with van der Waals surface area (Å²) >= 11 is 3.22. The Balaban J connectivity index is 2.10. The number of hydrogen-bond acceptors (Lipinski definition) is 2. The van der Waals surface area contributed by atoms with Gasteiger partial charge in [-0.3, -0.25) is 0 Å². The van der Waals surface area contributed by atoms with Crippen molar-refractivity contribution in [1.82, 2.24) is 9.55 Å². The third kappa shape index (κ3) is 1.81. The van der Waals surface area contributed by atoms with Crippen LogP contribution in [0.2, 0.25) is 0 Å². The van der Waals surface area contributed by atoms with Gasteiger partial charge in [-0.25, -0.2) is 9.37 Å². The standard InChI is InChI=1S/C13H15BrFN3/c1-2-13(3-4-13)7-18-11-5-8(14)9(15)6-10(11)17-12(18)16/h5-6H,2-4,7H2,1H3,(H2,16,17). The smallest absolute Gasteiger partial charge is 0.201 e. The first-order valence-electron chi connectivity index (χ1n) is 6.15. The number of nitrogens with two attached hydrogens (primary N) is 1. The SMILES string of the molecule is CCC1(Cn2c(N)nc3cc(F)c(Br)cc32)CC1. The van der Waals surface area contributed by atoms with Crippen molar-refractivity contribution in [2.24, 2.45) is 5.41 Å². The molecule has 0 saturated heterocycles. The summed E-state index contributed by atoms with van der Waals surface area (Å²) in [5.74, 6) is 0.172. The van der Waals surface area contributed by atoms with Crippen molar-refractivity contribution in [2.45, 2.75) is 32.7 Å². The second-order valence-electron chi connectivity index (χ2n) is 5.16. The highest BCUT2D eigenvalue weighted by Crippen LogP contribution is 2.50. The van der Waals surface area contributed by atoms with Crippen molar-refractivity contribution in [2.75, 3.05) is 5.73 Å². The largest absolute Gasteiger partial charge is 0.369 e. The van der Waals surface area contributed by atoms with Crippen LogP contribution in [-0.2, 0) is 6.54 Å². The molecule has 18 heavy (non-hydrogen) atoms. The Bertz CT molecular complexity index is 616. The highest BCUT2D eigenvalue weighted by Gasteiger charge is 2.41. The van der Waals surface area contributed by atoms with E-state index in [2.05, 4.69) is 27.8 Å². The minimum atomic E-state index is -0.302. The van der Waals surface area contributed by atoms with E-state index in [1.807, 2.05) is 4.57 Å². The summed E-state index contributed by atoms with van der Waals surface area (Å²) in [5.41, 5.74) is 7.86. The maximum absolute atomic E-state index is 13.5. The van der Waals surface area contributed by atoms with Gasteiger partial charge in [0.15, 0.2) is 0 Å². The summed E-state index contributed by atoms with van der Waals surface area (Å²) < 4.78 is 15.9. The van der Waals surface area contributed by atoms with Gasteiger partial charge in [-0.05, 0) is 46.7 Å². The number of fused-ring (bicyclic) bond motifs is 1. The zero-order chi connectivity index (χ0) is 12.9. The van der Waals surface area contributed by atoms with Gasteiger partial charge in [-0.1, -0.05) is 6.92 Å². The lowest BCUT2D eigenvalue weighted by atomic mass is 10.0. The minimum Gasteiger partial charge on any atom is -0.369 e. The van der Waals surface area contributed by atoms with Gasteiger partial charge in [-0.15, -0.1) is 0 Å². The molecule has 2 N–H and O–H groups in total. The van der Waals surface area contributed by atoms with Crippen molar-refractivity contribution in [3.05, 3.63) is 22.4 Å². The van der Waals surface area contributed by atoms with Crippen molar-refractivity contribution in [3.8, 4) is 0 Å². The minimum absolute atomic E-state index is 0.302. The number of hydrogen-bond donors (Lipinski definition) is 1. The first-order chi connectivity index (χ1) is 8.54. The van der Waals surface area contributed by atoms with Crippen LogP contribution in [0.3, 0.4) is 0 Å². The summed E-state index contributed by atoms with van der Waals surface area (Å²) in [6.07, 6.45) is 3.63. The maximum atomic E-state index is 13.5. The van der Waals surface area contributed by atoms with Crippen LogP contribution in [0.15, 0.2) is 16.6 Å². The number of benzene rings is 1. The Labute approximate surface area is 113 Å². The van der Waals surface area contributed by atoms with E-state index >= 15 is 0 Å². The number of aromatic nitrogens is 2. The Hall–Kier alpha value is -1.10. The first-order valence-corrected chi connectivity index (χ1v) is 6.95. The molecule has 3 nitrogen and oxygen atoms in total. The number of halogens is 2. The van der Waals surface area contributed by atoms with Crippen molar-refractivity contribution in [3.63, 3.8) is 0 Å². The van der Waals surface area contributed by atoms with E-state index in [9.17, 15) is 4.39 Å². The van der Waals surface area contributed by atoms with Crippen LogP contribution in [0, 0.1) is 11.2 Å². The van der Waals surface area contributed by atoms with Gasteiger partial charge in [0.25, 0.3) is 0 Å². The zero-order valence-electron chi connectivity index (χ0n) is 10.2. The molecule has 1 aromatic heterocycles. The molecule has 0 bridgehead atoms. The molecular weight excluding hydrogens is 297 g/mol. The van der Waals surface area contributed by atoms with E-state index in [0.717, 1.165) is 18.5 Å². The number of nitrogen functional groups attached to an aromatic ring is 1.